The van der Waals surface area contributed by atoms with Gasteiger partial charge in [-0.3, -0.25) is 4.79 Å². The molecule has 3 N–H and O–H groups in total. The van der Waals surface area contributed by atoms with E-state index < -0.39 is 11.7 Å². The maximum absolute atomic E-state index is 13.5. The standard InChI is InChI=1S/C12H8Cl2FN3O/c13-7-1-2-9(8(15)5-7)17-12(19)6-3-10(14)18-11(16)4-6/h1-5H,(H2,16,18)(H,17,19). The summed E-state index contributed by atoms with van der Waals surface area (Å²) in [6.07, 6.45) is 0. The van der Waals surface area contributed by atoms with Crippen LogP contribution in [0.3, 0.4) is 0 Å². The molecule has 0 saturated heterocycles. The zero-order chi connectivity index (χ0) is 14.0. The Bertz CT molecular complexity index is 629. The van der Waals surface area contributed by atoms with Crippen LogP contribution in [-0.2, 0) is 0 Å². The second kappa shape index (κ2) is 5.42. The van der Waals surface area contributed by atoms with E-state index in [9.17, 15) is 9.18 Å². The third-order valence-electron chi connectivity index (χ3n) is 2.26. The average Bonchev–Trinajstić information content (AvgIpc) is 2.31. The molecule has 2 aromatic rings. The molecular weight excluding hydrogens is 292 g/mol. The fourth-order valence-corrected chi connectivity index (χ4v) is 1.81. The van der Waals surface area contributed by atoms with Crippen molar-refractivity contribution in [1.82, 2.24) is 4.98 Å². The van der Waals surface area contributed by atoms with Gasteiger partial charge in [-0.05, 0) is 30.3 Å². The van der Waals surface area contributed by atoms with Gasteiger partial charge in [0.1, 0.15) is 16.8 Å². The van der Waals surface area contributed by atoms with Gasteiger partial charge in [0.05, 0.1) is 5.69 Å². The van der Waals surface area contributed by atoms with Crippen molar-refractivity contribution in [3.63, 3.8) is 0 Å². The molecule has 1 amide bonds. The maximum Gasteiger partial charge on any atom is 0.255 e. The van der Waals surface area contributed by atoms with E-state index in [-0.39, 0.29) is 27.2 Å². The summed E-state index contributed by atoms with van der Waals surface area (Å²) in [7, 11) is 0. The highest BCUT2D eigenvalue weighted by atomic mass is 35.5. The van der Waals surface area contributed by atoms with Gasteiger partial charge in [-0.2, -0.15) is 0 Å². The van der Waals surface area contributed by atoms with Crippen molar-refractivity contribution in [1.29, 1.82) is 0 Å². The van der Waals surface area contributed by atoms with Crippen LogP contribution in [0.4, 0.5) is 15.9 Å². The number of rotatable bonds is 2. The van der Waals surface area contributed by atoms with Crippen molar-refractivity contribution in [2.24, 2.45) is 0 Å². The predicted octanol–water partition coefficient (Wildman–Crippen LogP) is 3.36. The molecular formula is C12H8Cl2FN3O. The van der Waals surface area contributed by atoms with Crippen LogP contribution in [0, 0.1) is 5.82 Å². The number of nitrogens with two attached hydrogens (primary N) is 1. The third kappa shape index (κ3) is 3.33. The minimum absolute atomic E-state index is 0.0147. The van der Waals surface area contributed by atoms with Gasteiger partial charge >= 0.3 is 0 Å². The topological polar surface area (TPSA) is 68.0 Å². The highest BCUT2D eigenvalue weighted by Crippen LogP contribution is 2.20. The monoisotopic (exact) mass is 299 g/mol. The van der Waals surface area contributed by atoms with E-state index in [0.29, 0.717) is 0 Å². The molecule has 1 heterocycles. The van der Waals surface area contributed by atoms with Gasteiger partial charge < -0.3 is 11.1 Å². The number of hydrogen-bond donors (Lipinski definition) is 2. The number of carbonyl (C=O) groups excluding carboxylic acids is 1. The molecule has 0 saturated carbocycles. The molecule has 0 unspecified atom stereocenters. The molecule has 2 rings (SSSR count). The zero-order valence-electron chi connectivity index (χ0n) is 9.45. The Morgan fingerprint density at radius 2 is 2.00 bits per heavy atom. The molecule has 0 aliphatic rings. The van der Waals surface area contributed by atoms with Crippen molar-refractivity contribution in [2.75, 3.05) is 11.1 Å². The van der Waals surface area contributed by atoms with Crippen molar-refractivity contribution < 1.29 is 9.18 Å². The van der Waals surface area contributed by atoms with Crippen LogP contribution in [-0.4, -0.2) is 10.9 Å². The second-order valence-corrected chi connectivity index (χ2v) is 4.51. The Morgan fingerprint density at radius 1 is 1.26 bits per heavy atom. The lowest BCUT2D eigenvalue weighted by atomic mass is 10.2. The summed E-state index contributed by atoms with van der Waals surface area (Å²) in [6.45, 7) is 0. The van der Waals surface area contributed by atoms with E-state index in [4.69, 9.17) is 28.9 Å². The smallest absolute Gasteiger partial charge is 0.255 e. The summed E-state index contributed by atoms with van der Waals surface area (Å²) in [5.74, 6) is -1.07. The highest BCUT2D eigenvalue weighted by Gasteiger charge is 2.11. The lowest BCUT2D eigenvalue weighted by Crippen LogP contribution is -2.13. The Labute approximate surface area is 118 Å². The van der Waals surface area contributed by atoms with Gasteiger partial charge in [-0.15, -0.1) is 0 Å². The first-order chi connectivity index (χ1) is 8.95. The summed E-state index contributed by atoms with van der Waals surface area (Å²) >= 11 is 11.3. The molecule has 0 aliphatic carbocycles. The van der Waals surface area contributed by atoms with Crippen LogP contribution in [0.2, 0.25) is 10.2 Å². The lowest BCUT2D eigenvalue weighted by Gasteiger charge is -2.07. The van der Waals surface area contributed by atoms with Crippen LogP contribution in [0.25, 0.3) is 0 Å². The molecule has 0 aliphatic heterocycles. The molecule has 0 radical (unpaired) electrons. The number of anilines is 2. The summed E-state index contributed by atoms with van der Waals surface area (Å²) in [5.41, 5.74) is 5.67. The largest absolute Gasteiger partial charge is 0.384 e. The lowest BCUT2D eigenvalue weighted by molar-refractivity contribution is 0.102. The number of pyridine rings is 1. The van der Waals surface area contributed by atoms with Crippen LogP contribution in [0.15, 0.2) is 30.3 Å². The van der Waals surface area contributed by atoms with Gasteiger partial charge in [-0.1, -0.05) is 23.2 Å². The fraction of sp³-hybridized carbons (Fsp3) is 0. The minimum atomic E-state index is -0.631. The Balaban J connectivity index is 2.25. The van der Waals surface area contributed by atoms with Crippen molar-refractivity contribution in [3.05, 3.63) is 51.9 Å². The van der Waals surface area contributed by atoms with Crippen molar-refractivity contribution in [3.8, 4) is 0 Å². The molecule has 19 heavy (non-hydrogen) atoms. The van der Waals surface area contributed by atoms with Crippen molar-refractivity contribution in [2.45, 2.75) is 0 Å². The average molecular weight is 300 g/mol. The SMILES string of the molecule is Nc1cc(C(=O)Nc2ccc(Cl)cc2F)cc(Cl)n1. The van der Waals surface area contributed by atoms with E-state index in [1.807, 2.05) is 0 Å². The van der Waals surface area contributed by atoms with Gasteiger partial charge in [0.2, 0.25) is 0 Å². The van der Waals surface area contributed by atoms with Crippen molar-refractivity contribution >= 4 is 40.6 Å². The summed E-state index contributed by atoms with van der Waals surface area (Å²) in [4.78, 5) is 15.6. The number of nitrogen functional groups attached to an aromatic ring is 1. The molecule has 0 atom stereocenters. The maximum atomic E-state index is 13.5. The Morgan fingerprint density at radius 3 is 2.63 bits per heavy atom. The molecule has 0 fully saturated rings. The quantitative estimate of drug-likeness (QED) is 0.836. The number of carbonyl (C=O) groups is 1. The number of aromatic nitrogens is 1. The van der Waals surface area contributed by atoms with E-state index in [1.54, 1.807) is 0 Å². The second-order valence-electron chi connectivity index (χ2n) is 3.68. The van der Waals surface area contributed by atoms with Crippen LogP contribution < -0.4 is 11.1 Å². The van der Waals surface area contributed by atoms with Gasteiger partial charge in [0.25, 0.3) is 5.91 Å². The summed E-state index contributed by atoms with van der Waals surface area (Å²) in [6, 6.07) is 6.61. The van der Waals surface area contributed by atoms with Gasteiger partial charge in [0, 0.05) is 10.6 Å². The van der Waals surface area contributed by atoms with E-state index >= 15 is 0 Å². The highest BCUT2D eigenvalue weighted by molar-refractivity contribution is 6.30. The van der Waals surface area contributed by atoms with Crippen LogP contribution in [0.1, 0.15) is 10.4 Å². The van der Waals surface area contributed by atoms with Crippen LogP contribution >= 0.6 is 23.2 Å². The fourth-order valence-electron chi connectivity index (χ4n) is 1.43. The van der Waals surface area contributed by atoms with Crippen LogP contribution in [0.5, 0.6) is 0 Å². The van der Waals surface area contributed by atoms with E-state index in [1.165, 1.54) is 24.3 Å². The molecule has 4 nitrogen and oxygen atoms in total. The number of nitrogens with one attached hydrogen (secondary N) is 1. The Hall–Kier alpha value is -1.85. The first-order valence-electron chi connectivity index (χ1n) is 5.15. The summed E-state index contributed by atoms with van der Waals surface area (Å²) in [5, 5.41) is 2.72. The zero-order valence-corrected chi connectivity index (χ0v) is 11.0. The first kappa shape index (κ1) is 13.6. The number of halogens is 3. The normalized spacial score (nSPS) is 10.3. The van der Waals surface area contributed by atoms with E-state index in [2.05, 4.69) is 10.3 Å². The molecule has 98 valence electrons. The molecule has 1 aromatic carbocycles. The number of amides is 1. The predicted molar refractivity (Wildman–Crippen MR) is 73.0 cm³/mol. The van der Waals surface area contributed by atoms with Gasteiger partial charge in [-0.25, -0.2) is 9.37 Å². The summed E-state index contributed by atoms with van der Waals surface area (Å²) < 4.78 is 13.5. The molecule has 1 aromatic heterocycles. The molecule has 0 bridgehead atoms. The minimum Gasteiger partial charge on any atom is -0.384 e. The third-order valence-corrected chi connectivity index (χ3v) is 2.68. The first-order valence-corrected chi connectivity index (χ1v) is 5.91. The van der Waals surface area contributed by atoms with Gasteiger partial charge in [0.15, 0.2) is 0 Å². The number of hydrogen-bond acceptors (Lipinski definition) is 3. The number of nitrogens with zero attached hydrogens (tertiary/aromatic N) is 1. The molecule has 0 spiro atoms. The van der Waals surface area contributed by atoms with E-state index in [0.717, 1.165) is 6.07 Å². The molecule has 7 heteroatoms. The Kier molecular flexibility index (Phi) is 3.87. The number of benzene rings is 1.